The van der Waals surface area contributed by atoms with E-state index in [-0.39, 0.29) is 11.9 Å². The second-order valence-electron chi connectivity index (χ2n) is 5.22. The maximum atomic E-state index is 12.5. The van der Waals surface area contributed by atoms with E-state index in [0.29, 0.717) is 0 Å². The van der Waals surface area contributed by atoms with E-state index in [1.165, 1.54) is 5.56 Å². The molecule has 0 bridgehead atoms. The average Bonchev–Trinajstić information content (AvgIpc) is 2.55. The molecule has 116 valence electrons. The number of hydrogen-bond acceptors (Lipinski definition) is 2. The van der Waals surface area contributed by atoms with Crippen molar-refractivity contribution in [3.05, 3.63) is 65.2 Å². The molecular weight excluding hydrogens is 290 g/mol. The molecule has 2 aromatic rings. The van der Waals surface area contributed by atoms with Gasteiger partial charge in [-0.1, -0.05) is 50.2 Å². The van der Waals surface area contributed by atoms with Gasteiger partial charge in [-0.05, 0) is 42.4 Å². The SMILES string of the molecule is CCSc1ccccc1C(=O)NC(C)c1ccc(CC)cc1. The van der Waals surface area contributed by atoms with Crippen molar-refractivity contribution < 1.29 is 4.79 Å². The minimum absolute atomic E-state index is 0.00177. The molecule has 2 aromatic carbocycles. The van der Waals surface area contributed by atoms with Gasteiger partial charge in [0.05, 0.1) is 11.6 Å². The first-order valence-electron chi connectivity index (χ1n) is 7.77. The van der Waals surface area contributed by atoms with Crippen molar-refractivity contribution in [2.24, 2.45) is 0 Å². The summed E-state index contributed by atoms with van der Waals surface area (Å²) in [5.74, 6) is 0.946. The fourth-order valence-electron chi connectivity index (χ4n) is 2.34. The summed E-state index contributed by atoms with van der Waals surface area (Å²) in [7, 11) is 0. The van der Waals surface area contributed by atoms with Gasteiger partial charge in [0.1, 0.15) is 0 Å². The van der Waals surface area contributed by atoms with Gasteiger partial charge in [0, 0.05) is 4.90 Å². The quantitative estimate of drug-likeness (QED) is 0.772. The molecule has 0 heterocycles. The molecule has 0 radical (unpaired) electrons. The first kappa shape index (κ1) is 16.6. The highest BCUT2D eigenvalue weighted by atomic mass is 32.2. The molecule has 0 aliphatic rings. The summed E-state index contributed by atoms with van der Waals surface area (Å²) in [5.41, 5.74) is 3.20. The van der Waals surface area contributed by atoms with E-state index >= 15 is 0 Å². The van der Waals surface area contributed by atoms with Gasteiger partial charge in [-0.3, -0.25) is 4.79 Å². The normalized spacial score (nSPS) is 12.0. The van der Waals surface area contributed by atoms with Gasteiger partial charge in [0.25, 0.3) is 5.91 Å². The van der Waals surface area contributed by atoms with Crippen LogP contribution in [0, 0.1) is 0 Å². The number of hydrogen-bond donors (Lipinski definition) is 1. The van der Waals surface area contributed by atoms with E-state index in [9.17, 15) is 4.79 Å². The summed E-state index contributed by atoms with van der Waals surface area (Å²) in [5, 5.41) is 3.10. The van der Waals surface area contributed by atoms with E-state index in [1.54, 1.807) is 11.8 Å². The van der Waals surface area contributed by atoms with Gasteiger partial charge in [-0.25, -0.2) is 0 Å². The number of benzene rings is 2. The monoisotopic (exact) mass is 313 g/mol. The molecule has 0 saturated heterocycles. The van der Waals surface area contributed by atoms with Crippen molar-refractivity contribution in [1.29, 1.82) is 0 Å². The summed E-state index contributed by atoms with van der Waals surface area (Å²) in [4.78, 5) is 13.6. The Balaban J connectivity index is 2.10. The number of aryl methyl sites for hydroxylation is 1. The lowest BCUT2D eigenvalue weighted by Crippen LogP contribution is -2.27. The molecule has 3 heteroatoms. The lowest BCUT2D eigenvalue weighted by atomic mass is 10.0. The molecule has 1 N–H and O–H groups in total. The van der Waals surface area contributed by atoms with Crippen LogP contribution >= 0.6 is 11.8 Å². The summed E-state index contributed by atoms with van der Waals surface area (Å²) >= 11 is 1.70. The molecule has 0 aliphatic heterocycles. The first-order valence-corrected chi connectivity index (χ1v) is 8.75. The van der Waals surface area contributed by atoms with Crippen LogP contribution in [0.4, 0.5) is 0 Å². The van der Waals surface area contributed by atoms with Crippen molar-refractivity contribution in [2.45, 2.75) is 38.1 Å². The van der Waals surface area contributed by atoms with Crippen LogP contribution in [0.2, 0.25) is 0 Å². The molecule has 22 heavy (non-hydrogen) atoms. The van der Waals surface area contributed by atoms with Crippen molar-refractivity contribution in [3.8, 4) is 0 Å². The molecular formula is C19H23NOS. The van der Waals surface area contributed by atoms with E-state index in [1.807, 2.05) is 31.2 Å². The van der Waals surface area contributed by atoms with Gasteiger partial charge < -0.3 is 5.32 Å². The lowest BCUT2D eigenvalue weighted by Gasteiger charge is -2.16. The van der Waals surface area contributed by atoms with Crippen molar-refractivity contribution in [1.82, 2.24) is 5.32 Å². The predicted molar refractivity (Wildman–Crippen MR) is 94.5 cm³/mol. The standard InChI is InChI=1S/C19H23NOS/c1-4-15-10-12-16(13-11-15)14(3)20-19(21)17-8-6-7-9-18(17)22-5-2/h6-14H,4-5H2,1-3H3,(H,20,21). The molecule has 0 spiro atoms. The van der Waals surface area contributed by atoms with Gasteiger partial charge in [0.15, 0.2) is 0 Å². The van der Waals surface area contributed by atoms with Crippen LogP contribution < -0.4 is 5.32 Å². The fourth-order valence-corrected chi connectivity index (χ4v) is 3.14. The number of carbonyl (C=O) groups is 1. The second-order valence-corrected chi connectivity index (χ2v) is 6.53. The maximum Gasteiger partial charge on any atom is 0.252 e. The minimum Gasteiger partial charge on any atom is -0.345 e. The Morgan fingerprint density at radius 2 is 1.77 bits per heavy atom. The topological polar surface area (TPSA) is 29.1 Å². The summed E-state index contributed by atoms with van der Waals surface area (Å²) in [6.07, 6.45) is 1.03. The van der Waals surface area contributed by atoms with E-state index in [2.05, 4.69) is 43.4 Å². The zero-order valence-corrected chi connectivity index (χ0v) is 14.2. The summed E-state index contributed by atoms with van der Waals surface area (Å²) < 4.78 is 0. The fraction of sp³-hybridized carbons (Fsp3) is 0.316. The Labute approximate surface area is 137 Å². The lowest BCUT2D eigenvalue weighted by molar-refractivity contribution is 0.0937. The highest BCUT2D eigenvalue weighted by Crippen LogP contribution is 2.23. The summed E-state index contributed by atoms with van der Waals surface area (Å²) in [6.45, 7) is 6.26. The molecule has 0 aromatic heterocycles. The van der Waals surface area contributed by atoms with Gasteiger partial charge in [-0.15, -0.1) is 11.8 Å². The molecule has 2 nitrogen and oxygen atoms in total. The Morgan fingerprint density at radius 3 is 2.41 bits per heavy atom. The van der Waals surface area contributed by atoms with Gasteiger partial charge in [0.2, 0.25) is 0 Å². The maximum absolute atomic E-state index is 12.5. The Bertz CT molecular complexity index is 622. The number of amides is 1. The van der Waals surface area contributed by atoms with Gasteiger partial charge in [-0.2, -0.15) is 0 Å². The molecule has 1 unspecified atom stereocenters. The highest BCUT2D eigenvalue weighted by Gasteiger charge is 2.14. The number of thioether (sulfide) groups is 1. The van der Waals surface area contributed by atoms with Crippen molar-refractivity contribution in [3.63, 3.8) is 0 Å². The second kappa shape index (κ2) is 8.04. The number of carbonyl (C=O) groups excluding carboxylic acids is 1. The summed E-state index contributed by atoms with van der Waals surface area (Å²) in [6, 6.07) is 16.2. The van der Waals surface area contributed by atoms with Crippen LogP contribution in [0.15, 0.2) is 53.4 Å². The smallest absolute Gasteiger partial charge is 0.252 e. The van der Waals surface area contributed by atoms with Crippen molar-refractivity contribution >= 4 is 17.7 Å². The van der Waals surface area contributed by atoms with E-state index in [0.717, 1.165) is 28.2 Å². The zero-order valence-electron chi connectivity index (χ0n) is 13.4. The van der Waals surface area contributed by atoms with E-state index < -0.39 is 0 Å². The molecule has 0 saturated carbocycles. The third-order valence-electron chi connectivity index (χ3n) is 3.67. The Hall–Kier alpha value is -1.74. The van der Waals surface area contributed by atoms with E-state index in [4.69, 9.17) is 0 Å². The van der Waals surface area contributed by atoms with Crippen LogP contribution in [0.3, 0.4) is 0 Å². The molecule has 0 fully saturated rings. The zero-order chi connectivity index (χ0) is 15.9. The largest absolute Gasteiger partial charge is 0.345 e. The molecule has 0 aliphatic carbocycles. The third-order valence-corrected chi connectivity index (χ3v) is 4.62. The molecule has 2 rings (SSSR count). The molecule has 1 amide bonds. The highest BCUT2D eigenvalue weighted by molar-refractivity contribution is 7.99. The molecule has 1 atom stereocenters. The Morgan fingerprint density at radius 1 is 1.09 bits per heavy atom. The third kappa shape index (κ3) is 4.14. The number of nitrogens with one attached hydrogen (secondary N) is 1. The van der Waals surface area contributed by atoms with Crippen LogP contribution in [0.1, 0.15) is 48.3 Å². The van der Waals surface area contributed by atoms with Crippen LogP contribution in [-0.4, -0.2) is 11.7 Å². The average molecular weight is 313 g/mol. The number of rotatable bonds is 6. The van der Waals surface area contributed by atoms with Crippen LogP contribution in [0.25, 0.3) is 0 Å². The predicted octanol–water partition coefficient (Wildman–Crippen LogP) is 4.85. The van der Waals surface area contributed by atoms with Crippen molar-refractivity contribution in [2.75, 3.05) is 5.75 Å². The Kier molecular flexibility index (Phi) is 6.08. The van der Waals surface area contributed by atoms with Crippen LogP contribution in [0.5, 0.6) is 0 Å². The van der Waals surface area contributed by atoms with Gasteiger partial charge >= 0.3 is 0 Å². The first-order chi connectivity index (χ1) is 10.7. The van der Waals surface area contributed by atoms with Crippen LogP contribution in [-0.2, 0) is 6.42 Å². The minimum atomic E-state index is -0.0105.